The van der Waals surface area contributed by atoms with E-state index in [0.29, 0.717) is 26.0 Å². The SMILES string of the molecule is COCCCNC(=O)[C@@]1(C)CCC(=O)N1c1cc(C)ccc1C. The number of hydrogen-bond acceptors (Lipinski definition) is 3. The fraction of sp³-hybridized carbons (Fsp3) is 0.556. The smallest absolute Gasteiger partial charge is 0.246 e. The van der Waals surface area contributed by atoms with E-state index in [4.69, 9.17) is 4.74 Å². The second-order valence-electron chi connectivity index (χ2n) is 6.40. The second kappa shape index (κ2) is 7.13. The summed E-state index contributed by atoms with van der Waals surface area (Å²) in [5, 5.41) is 2.94. The first kappa shape index (κ1) is 17.5. The molecule has 1 aliphatic rings. The van der Waals surface area contributed by atoms with Gasteiger partial charge < -0.3 is 10.1 Å². The lowest BCUT2D eigenvalue weighted by molar-refractivity contribution is -0.127. The Balaban J connectivity index is 2.24. The molecule has 5 heteroatoms. The van der Waals surface area contributed by atoms with Crippen LogP contribution in [0.2, 0.25) is 0 Å². The molecular formula is C18H26N2O3. The Kier molecular flexibility index (Phi) is 5.42. The van der Waals surface area contributed by atoms with Crippen molar-refractivity contribution in [1.82, 2.24) is 5.32 Å². The van der Waals surface area contributed by atoms with Crippen molar-refractivity contribution in [2.24, 2.45) is 0 Å². The van der Waals surface area contributed by atoms with Gasteiger partial charge >= 0.3 is 0 Å². The third-order valence-electron chi connectivity index (χ3n) is 4.47. The molecule has 5 nitrogen and oxygen atoms in total. The highest BCUT2D eigenvalue weighted by Crippen LogP contribution is 2.37. The van der Waals surface area contributed by atoms with E-state index in [2.05, 4.69) is 5.32 Å². The first-order chi connectivity index (χ1) is 10.9. The van der Waals surface area contributed by atoms with Crippen LogP contribution in [0.5, 0.6) is 0 Å². The van der Waals surface area contributed by atoms with Gasteiger partial charge in [-0.2, -0.15) is 0 Å². The molecule has 0 radical (unpaired) electrons. The fourth-order valence-corrected chi connectivity index (χ4v) is 3.03. The van der Waals surface area contributed by atoms with E-state index in [1.807, 2.05) is 39.0 Å². The van der Waals surface area contributed by atoms with Crippen molar-refractivity contribution >= 4 is 17.5 Å². The van der Waals surface area contributed by atoms with E-state index < -0.39 is 5.54 Å². The van der Waals surface area contributed by atoms with Gasteiger partial charge in [-0.3, -0.25) is 14.5 Å². The largest absolute Gasteiger partial charge is 0.385 e. The van der Waals surface area contributed by atoms with Crippen LogP contribution in [0, 0.1) is 13.8 Å². The van der Waals surface area contributed by atoms with Crippen LogP contribution >= 0.6 is 0 Å². The zero-order valence-electron chi connectivity index (χ0n) is 14.4. The van der Waals surface area contributed by atoms with Crippen LogP contribution in [0.4, 0.5) is 5.69 Å². The number of aryl methyl sites for hydroxylation is 2. The molecule has 1 aliphatic heterocycles. The van der Waals surface area contributed by atoms with Gasteiger partial charge in [0.15, 0.2) is 0 Å². The number of hydrogen-bond donors (Lipinski definition) is 1. The molecule has 23 heavy (non-hydrogen) atoms. The van der Waals surface area contributed by atoms with E-state index in [0.717, 1.165) is 23.2 Å². The number of nitrogens with one attached hydrogen (secondary N) is 1. The Hall–Kier alpha value is -1.88. The number of benzene rings is 1. The van der Waals surface area contributed by atoms with Gasteiger partial charge in [-0.1, -0.05) is 12.1 Å². The summed E-state index contributed by atoms with van der Waals surface area (Å²) in [7, 11) is 1.64. The molecule has 1 saturated heterocycles. The summed E-state index contributed by atoms with van der Waals surface area (Å²) in [6.07, 6.45) is 1.69. The van der Waals surface area contributed by atoms with Gasteiger partial charge in [0.05, 0.1) is 0 Å². The number of methoxy groups -OCH3 is 1. The van der Waals surface area contributed by atoms with Gasteiger partial charge in [-0.25, -0.2) is 0 Å². The first-order valence-electron chi connectivity index (χ1n) is 8.07. The maximum absolute atomic E-state index is 12.7. The lowest BCUT2D eigenvalue weighted by Crippen LogP contribution is -2.55. The summed E-state index contributed by atoms with van der Waals surface area (Å²) in [5.41, 5.74) is 2.09. The lowest BCUT2D eigenvalue weighted by atomic mass is 9.96. The average molecular weight is 318 g/mol. The summed E-state index contributed by atoms with van der Waals surface area (Å²) in [4.78, 5) is 26.9. The maximum atomic E-state index is 12.7. The van der Waals surface area contributed by atoms with Gasteiger partial charge in [0, 0.05) is 32.4 Å². The summed E-state index contributed by atoms with van der Waals surface area (Å²) in [5.74, 6) is -0.0893. The predicted molar refractivity (Wildman–Crippen MR) is 90.5 cm³/mol. The molecule has 0 aromatic heterocycles. The van der Waals surface area contributed by atoms with Gasteiger partial charge in [0.25, 0.3) is 0 Å². The van der Waals surface area contributed by atoms with Crippen LogP contribution in [-0.4, -0.2) is 37.6 Å². The summed E-state index contributed by atoms with van der Waals surface area (Å²) in [6, 6.07) is 5.99. The van der Waals surface area contributed by atoms with Crippen molar-refractivity contribution in [3.63, 3.8) is 0 Å². The molecule has 126 valence electrons. The van der Waals surface area contributed by atoms with E-state index in [1.165, 1.54) is 0 Å². The molecule has 0 spiro atoms. The standard InChI is InChI=1S/C18H26N2O3/c1-13-6-7-14(2)15(12-13)20-16(21)8-9-18(20,3)17(22)19-10-5-11-23-4/h6-7,12H,5,8-11H2,1-4H3,(H,19,22)/t18-/m1/s1. The Morgan fingerprint density at radius 3 is 2.83 bits per heavy atom. The van der Waals surface area contributed by atoms with E-state index in [9.17, 15) is 9.59 Å². The first-order valence-corrected chi connectivity index (χ1v) is 8.07. The molecule has 1 N–H and O–H groups in total. The molecule has 1 heterocycles. The minimum absolute atomic E-state index is 0.00763. The summed E-state index contributed by atoms with van der Waals surface area (Å²) < 4.78 is 4.99. The molecule has 1 fully saturated rings. The minimum Gasteiger partial charge on any atom is -0.385 e. The third kappa shape index (κ3) is 3.55. The molecule has 1 atom stereocenters. The Bertz CT molecular complexity index is 600. The highest BCUT2D eigenvalue weighted by atomic mass is 16.5. The Morgan fingerprint density at radius 2 is 2.13 bits per heavy atom. The second-order valence-corrected chi connectivity index (χ2v) is 6.40. The molecule has 1 aromatic rings. The number of ether oxygens (including phenoxy) is 1. The molecule has 2 amide bonds. The summed E-state index contributed by atoms with van der Waals surface area (Å²) >= 11 is 0. The average Bonchev–Trinajstić information content (AvgIpc) is 2.82. The topological polar surface area (TPSA) is 58.6 Å². The number of amides is 2. The van der Waals surface area contributed by atoms with Crippen molar-refractivity contribution in [3.05, 3.63) is 29.3 Å². The van der Waals surface area contributed by atoms with Crippen molar-refractivity contribution in [2.45, 2.75) is 45.6 Å². The number of nitrogens with zero attached hydrogens (tertiary/aromatic N) is 1. The van der Waals surface area contributed by atoms with Crippen LogP contribution in [0.1, 0.15) is 37.3 Å². The third-order valence-corrected chi connectivity index (χ3v) is 4.47. The molecule has 2 rings (SSSR count). The van der Waals surface area contributed by atoms with Gasteiger partial charge in [-0.15, -0.1) is 0 Å². The highest BCUT2D eigenvalue weighted by Gasteiger charge is 2.48. The predicted octanol–water partition coefficient (Wildman–Crippen LogP) is 2.34. The van der Waals surface area contributed by atoms with Gasteiger partial charge in [0.1, 0.15) is 5.54 Å². The van der Waals surface area contributed by atoms with Gasteiger partial charge in [-0.05, 0) is 50.8 Å². The van der Waals surface area contributed by atoms with E-state index >= 15 is 0 Å². The molecule has 0 bridgehead atoms. The lowest BCUT2D eigenvalue weighted by Gasteiger charge is -2.35. The Labute approximate surface area is 138 Å². The number of rotatable bonds is 6. The fourth-order valence-electron chi connectivity index (χ4n) is 3.03. The number of carbonyl (C=O) groups is 2. The Morgan fingerprint density at radius 1 is 1.39 bits per heavy atom. The minimum atomic E-state index is -0.831. The van der Waals surface area contributed by atoms with Crippen LogP contribution in [0.25, 0.3) is 0 Å². The molecular weight excluding hydrogens is 292 g/mol. The molecule has 0 saturated carbocycles. The van der Waals surface area contributed by atoms with Crippen molar-refractivity contribution in [3.8, 4) is 0 Å². The highest BCUT2D eigenvalue weighted by molar-refractivity contribution is 6.07. The maximum Gasteiger partial charge on any atom is 0.246 e. The van der Waals surface area contributed by atoms with Crippen LogP contribution in [0.3, 0.4) is 0 Å². The van der Waals surface area contributed by atoms with E-state index in [1.54, 1.807) is 12.0 Å². The normalized spacial score (nSPS) is 20.9. The van der Waals surface area contributed by atoms with Crippen molar-refractivity contribution < 1.29 is 14.3 Å². The molecule has 0 aliphatic carbocycles. The quantitative estimate of drug-likeness (QED) is 0.819. The van der Waals surface area contributed by atoms with Crippen molar-refractivity contribution in [1.29, 1.82) is 0 Å². The monoisotopic (exact) mass is 318 g/mol. The van der Waals surface area contributed by atoms with E-state index in [-0.39, 0.29) is 11.8 Å². The van der Waals surface area contributed by atoms with Gasteiger partial charge in [0.2, 0.25) is 11.8 Å². The number of anilines is 1. The van der Waals surface area contributed by atoms with Crippen molar-refractivity contribution in [2.75, 3.05) is 25.2 Å². The zero-order valence-corrected chi connectivity index (χ0v) is 14.4. The molecule has 1 aromatic carbocycles. The summed E-state index contributed by atoms with van der Waals surface area (Å²) in [6.45, 7) is 6.97. The van der Waals surface area contributed by atoms with Crippen LogP contribution in [-0.2, 0) is 14.3 Å². The van der Waals surface area contributed by atoms with Crippen LogP contribution in [0.15, 0.2) is 18.2 Å². The number of carbonyl (C=O) groups excluding carboxylic acids is 2. The molecule has 0 unspecified atom stereocenters. The van der Waals surface area contributed by atoms with Crippen LogP contribution < -0.4 is 10.2 Å². The zero-order chi connectivity index (χ0) is 17.0.